The normalized spacial score (nSPS) is 15.4. The van der Waals surface area contributed by atoms with Gasteiger partial charge in [0, 0.05) is 19.2 Å². The van der Waals surface area contributed by atoms with Crippen LogP contribution in [0.15, 0.2) is 84.9 Å². The van der Waals surface area contributed by atoms with Gasteiger partial charge in [0.1, 0.15) is 6.04 Å². The van der Waals surface area contributed by atoms with Gasteiger partial charge in [0.25, 0.3) is 0 Å². The van der Waals surface area contributed by atoms with E-state index in [0.29, 0.717) is 6.42 Å². The lowest BCUT2D eigenvalue weighted by Crippen LogP contribution is -2.48. The summed E-state index contributed by atoms with van der Waals surface area (Å²) in [6.45, 7) is 0. The van der Waals surface area contributed by atoms with E-state index in [1.54, 1.807) is 11.9 Å². The van der Waals surface area contributed by atoms with Crippen molar-refractivity contribution in [1.29, 1.82) is 0 Å². The van der Waals surface area contributed by atoms with Gasteiger partial charge in [0.2, 0.25) is 11.8 Å². The average molecular weight is 370 g/mol. The first-order valence-corrected chi connectivity index (χ1v) is 9.43. The summed E-state index contributed by atoms with van der Waals surface area (Å²) >= 11 is 0. The highest BCUT2D eigenvalue weighted by Gasteiger charge is 2.41. The lowest BCUT2D eigenvalue weighted by atomic mass is 9.89. The number of amides is 2. The Labute approximate surface area is 164 Å². The molecule has 1 aliphatic rings. The molecule has 4 nitrogen and oxygen atoms in total. The van der Waals surface area contributed by atoms with Crippen LogP contribution in [0.3, 0.4) is 0 Å². The highest BCUT2D eigenvalue weighted by molar-refractivity contribution is 6.07. The fourth-order valence-corrected chi connectivity index (χ4v) is 3.94. The van der Waals surface area contributed by atoms with Crippen molar-refractivity contribution in [2.24, 2.45) is 0 Å². The Hall–Kier alpha value is -3.40. The second kappa shape index (κ2) is 7.69. The second-order valence-corrected chi connectivity index (χ2v) is 6.93. The molecule has 1 aliphatic heterocycles. The van der Waals surface area contributed by atoms with Crippen molar-refractivity contribution in [2.45, 2.75) is 18.4 Å². The van der Waals surface area contributed by atoms with E-state index >= 15 is 0 Å². The van der Waals surface area contributed by atoms with Crippen LogP contribution in [0.5, 0.6) is 0 Å². The van der Waals surface area contributed by atoms with Gasteiger partial charge in [-0.1, -0.05) is 78.9 Å². The number of hydrogen-bond donors (Lipinski definition) is 1. The number of para-hydroxylation sites is 1. The minimum absolute atomic E-state index is 0.0871. The van der Waals surface area contributed by atoms with Crippen LogP contribution < -0.4 is 10.2 Å². The quantitative estimate of drug-likeness (QED) is 0.764. The highest BCUT2D eigenvalue weighted by atomic mass is 16.2. The van der Waals surface area contributed by atoms with Crippen LogP contribution in [0, 0.1) is 0 Å². The first-order chi connectivity index (χ1) is 13.7. The van der Waals surface area contributed by atoms with E-state index in [2.05, 4.69) is 5.32 Å². The van der Waals surface area contributed by atoms with Crippen molar-refractivity contribution < 1.29 is 9.59 Å². The van der Waals surface area contributed by atoms with Gasteiger partial charge >= 0.3 is 0 Å². The lowest BCUT2D eigenvalue weighted by Gasteiger charge is -2.29. The topological polar surface area (TPSA) is 49.4 Å². The molecule has 140 valence electrons. The van der Waals surface area contributed by atoms with Crippen molar-refractivity contribution in [3.05, 3.63) is 102 Å². The van der Waals surface area contributed by atoms with E-state index in [4.69, 9.17) is 0 Å². The zero-order chi connectivity index (χ0) is 19.5. The number of carbonyl (C=O) groups excluding carboxylic acids is 2. The Bertz CT molecular complexity index is 946. The molecule has 3 aromatic carbocycles. The van der Waals surface area contributed by atoms with E-state index in [0.717, 1.165) is 22.4 Å². The van der Waals surface area contributed by atoms with Crippen molar-refractivity contribution in [1.82, 2.24) is 5.32 Å². The average Bonchev–Trinajstić information content (AvgIpc) is 3.14. The maximum atomic E-state index is 13.9. The molecule has 0 fully saturated rings. The number of nitrogens with one attached hydrogen (secondary N) is 1. The number of carbonyl (C=O) groups is 2. The van der Waals surface area contributed by atoms with Gasteiger partial charge in [0.15, 0.2) is 0 Å². The summed E-state index contributed by atoms with van der Waals surface area (Å²) in [5.41, 5.74) is 3.67. The van der Waals surface area contributed by atoms with Crippen molar-refractivity contribution in [2.75, 3.05) is 11.9 Å². The van der Waals surface area contributed by atoms with Crippen molar-refractivity contribution >= 4 is 17.5 Å². The summed E-state index contributed by atoms with van der Waals surface area (Å²) in [6, 6.07) is 26.7. The summed E-state index contributed by atoms with van der Waals surface area (Å²) in [4.78, 5) is 28.2. The molecule has 1 heterocycles. The molecule has 0 radical (unpaired) electrons. The summed E-state index contributed by atoms with van der Waals surface area (Å²) in [5, 5.41) is 2.71. The van der Waals surface area contributed by atoms with Crippen LogP contribution in [0.1, 0.15) is 22.6 Å². The minimum Gasteiger partial charge on any atom is -0.357 e. The van der Waals surface area contributed by atoms with E-state index in [1.165, 1.54) is 0 Å². The van der Waals surface area contributed by atoms with Gasteiger partial charge in [-0.3, -0.25) is 14.5 Å². The van der Waals surface area contributed by atoms with Crippen LogP contribution in [-0.2, 0) is 16.0 Å². The van der Waals surface area contributed by atoms with Crippen LogP contribution in [0.4, 0.5) is 5.69 Å². The molecule has 0 saturated carbocycles. The molecular formula is C24H22N2O2. The number of rotatable bonds is 4. The zero-order valence-corrected chi connectivity index (χ0v) is 15.7. The maximum absolute atomic E-state index is 13.9. The third-order valence-corrected chi connectivity index (χ3v) is 5.28. The van der Waals surface area contributed by atoms with E-state index in [9.17, 15) is 9.59 Å². The van der Waals surface area contributed by atoms with Gasteiger partial charge in [-0.25, -0.2) is 0 Å². The van der Waals surface area contributed by atoms with Crippen LogP contribution in [-0.4, -0.2) is 24.9 Å². The Morgan fingerprint density at radius 2 is 1.39 bits per heavy atom. The summed E-state index contributed by atoms with van der Waals surface area (Å²) in [5.74, 6) is -0.707. The van der Waals surface area contributed by atoms with Crippen LogP contribution >= 0.6 is 0 Å². The number of benzene rings is 3. The fourth-order valence-electron chi connectivity index (χ4n) is 3.94. The van der Waals surface area contributed by atoms with E-state index < -0.39 is 12.0 Å². The SMILES string of the molecule is CNC(=O)[C@H]1Cc2ccccc2N1C(=O)C(c1ccccc1)c1ccccc1. The predicted octanol–water partition coefficient (Wildman–Crippen LogP) is 3.52. The third-order valence-electron chi connectivity index (χ3n) is 5.28. The number of anilines is 1. The summed E-state index contributed by atoms with van der Waals surface area (Å²) in [7, 11) is 1.61. The van der Waals surface area contributed by atoms with Gasteiger partial charge < -0.3 is 5.32 Å². The molecular weight excluding hydrogens is 348 g/mol. The first kappa shape index (κ1) is 18.0. The molecule has 28 heavy (non-hydrogen) atoms. The summed E-state index contributed by atoms with van der Waals surface area (Å²) < 4.78 is 0. The monoisotopic (exact) mass is 370 g/mol. The Balaban J connectivity index is 1.82. The highest BCUT2D eigenvalue weighted by Crippen LogP contribution is 2.37. The summed E-state index contributed by atoms with van der Waals surface area (Å²) in [6.07, 6.45) is 0.526. The standard InChI is InChI=1S/C24H22N2O2/c1-25-23(27)21-16-19-14-8-9-15-20(19)26(21)24(28)22(17-10-4-2-5-11-17)18-12-6-3-7-13-18/h2-15,21-22H,16H2,1H3,(H,25,27)/t21-/m1/s1. The smallest absolute Gasteiger partial charge is 0.243 e. The molecule has 0 aliphatic carbocycles. The number of likely N-dealkylation sites (N-methyl/N-ethyl adjacent to an activating group) is 1. The molecule has 1 atom stereocenters. The molecule has 0 saturated heterocycles. The molecule has 0 unspecified atom stereocenters. The predicted molar refractivity (Wildman–Crippen MR) is 110 cm³/mol. The van der Waals surface area contributed by atoms with E-state index in [1.807, 2.05) is 84.9 Å². The molecule has 3 aromatic rings. The van der Waals surface area contributed by atoms with Crippen molar-refractivity contribution in [3.63, 3.8) is 0 Å². The molecule has 0 spiro atoms. The zero-order valence-electron chi connectivity index (χ0n) is 15.7. The molecule has 4 heteroatoms. The molecule has 4 rings (SSSR count). The van der Waals surface area contributed by atoms with Crippen LogP contribution in [0.25, 0.3) is 0 Å². The fraction of sp³-hybridized carbons (Fsp3) is 0.167. The van der Waals surface area contributed by atoms with Crippen LogP contribution in [0.2, 0.25) is 0 Å². The number of fused-ring (bicyclic) bond motifs is 1. The third kappa shape index (κ3) is 3.18. The molecule has 0 aromatic heterocycles. The number of nitrogens with zero attached hydrogens (tertiary/aromatic N) is 1. The van der Waals surface area contributed by atoms with Gasteiger partial charge in [-0.15, -0.1) is 0 Å². The molecule has 2 amide bonds. The maximum Gasteiger partial charge on any atom is 0.243 e. The van der Waals surface area contributed by atoms with Gasteiger partial charge in [-0.05, 0) is 22.8 Å². The Morgan fingerprint density at radius 3 is 1.96 bits per heavy atom. The molecule has 0 bridgehead atoms. The Kier molecular flexibility index (Phi) is 4.94. The molecule has 1 N–H and O–H groups in total. The van der Waals surface area contributed by atoms with Gasteiger partial charge in [0.05, 0.1) is 5.92 Å². The van der Waals surface area contributed by atoms with E-state index in [-0.39, 0.29) is 11.8 Å². The second-order valence-electron chi connectivity index (χ2n) is 6.93. The number of hydrogen-bond acceptors (Lipinski definition) is 2. The lowest BCUT2D eigenvalue weighted by molar-refractivity contribution is -0.126. The van der Waals surface area contributed by atoms with Crippen molar-refractivity contribution in [3.8, 4) is 0 Å². The Morgan fingerprint density at radius 1 is 0.857 bits per heavy atom. The minimum atomic E-state index is -0.537. The van der Waals surface area contributed by atoms with Gasteiger partial charge in [-0.2, -0.15) is 0 Å². The first-order valence-electron chi connectivity index (χ1n) is 9.43. The largest absolute Gasteiger partial charge is 0.357 e.